The molecular weight excluding hydrogens is 374 g/mol. The molecule has 10 heteroatoms. The van der Waals surface area contributed by atoms with Gasteiger partial charge in [0.05, 0.1) is 0 Å². The van der Waals surface area contributed by atoms with Gasteiger partial charge < -0.3 is 10.2 Å². The van der Waals surface area contributed by atoms with Crippen molar-refractivity contribution in [2.75, 3.05) is 0 Å². The molecule has 0 atom stereocenters. The Labute approximate surface area is 158 Å². The SMILES string of the molecule is O=C(O)/C(=N\NC(=NCl)N/N=C(\C(=O)O)c1ccccc1)c1ccccc1. The zero-order chi connectivity index (χ0) is 19.6. The van der Waals surface area contributed by atoms with Crippen molar-refractivity contribution in [2.24, 2.45) is 14.7 Å². The van der Waals surface area contributed by atoms with Crippen molar-refractivity contribution >= 4 is 41.1 Å². The summed E-state index contributed by atoms with van der Waals surface area (Å²) in [7, 11) is 0. The van der Waals surface area contributed by atoms with Gasteiger partial charge in [-0.15, -0.1) is 4.51 Å². The van der Waals surface area contributed by atoms with Crippen molar-refractivity contribution in [3.63, 3.8) is 0 Å². The highest BCUT2D eigenvalue weighted by Crippen LogP contribution is 2.02. The highest BCUT2D eigenvalue weighted by atomic mass is 35.5. The maximum absolute atomic E-state index is 11.4. The van der Waals surface area contributed by atoms with Crippen LogP contribution in [0.15, 0.2) is 75.4 Å². The van der Waals surface area contributed by atoms with Crippen LogP contribution in [-0.2, 0) is 9.59 Å². The molecule has 0 spiro atoms. The van der Waals surface area contributed by atoms with Gasteiger partial charge in [-0.1, -0.05) is 60.7 Å². The normalized spacial score (nSPS) is 11.4. The number of benzene rings is 2. The van der Waals surface area contributed by atoms with E-state index in [9.17, 15) is 19.8 Å². The molecule has 0 heterocycles. The molecule has 0 amide bonds. The third-order valence-electron chi connectivity index (χ3n) is 3.13. The average molecular weight is 388 g/mol. The number of rotatable bonds is 6. The Kier molecular flexibility index (Phi) is 7.03. The van der Waals surface area contributed by atoms with Gasteiger partial charge in [-0.25, -0.2) is 20.4 Å². The molecule has 0 aliphatic rings. The average Bonchev–Trinajstić information content (AvgIpc) is 2.68. The molecule has 4 N–H and O–H groups in total. The first-order chi connectivity index (χ1) is 13.0. The van der Waals surface area contributed by atoms with Gasteiger partial charge in [-0.2, -0.15) is 10.2 Å². The minimum Gasteiger partial charge on any atom is -0.476 e. The standard InChI is InChI=1S/C17H14ClN5O4/c18-19-17(22-20-13(15(24)25)11-7-3-1-4-8-11)23-21-14(16(26)27)12-9-5-2-6-10-12/h1-10H,(H,24,25)(H,26,27)(H2,19,22,23)/b20-13-,21-14-. The topological polar surface area (TPSA) is 136 Å². The Morgan fingerprint density at radius 3 is 1.41 bits per heavy atom. The molecule has 2 aromatic carbocycles. The Bertz CT molecular complexity index is 827. The van der Waals surface area contributed by atoms with Crippen molar-refractivity contribution in [2.45, 2.75) is 0 Å². The number of hydrazone groups is 2. The van der Waals surface area contributed by atoms with Gasteiger partial charge in [0.1, 0.15) is 0 Å². The summed E-state index contributed by atoms with van der Waals surface area (Å²) in [6.07, 6.45) is 0. The smallest absolute Gasteiger partial charge is 0.356 e. The minimum absolute atomic E-state index is 0.263. The first kappa shape index (κ1) is 19.6. The zero-order valence-electron chi connectivity index (χ0n) is 13.7. The van der Waals surface area contributed by atoms with Gasteiger partial charge in [0.15, 0.2) is 11.4 Å². The van der Waals surface area contributed by atoms with Crippen LogP contribution in [0.4, 0.5) is 0 Å². The molecule has 0 aliphatic carbocycles. The number of carboxylic acids is 2. The molecule has 27 heavy (non-hydrogen) atoms. The Morgan fingerprint density at radius 2 is 1.11 bits per heavy atom. The van der Waals surface area contributed by atoms with Gasteiger partial charge in [0.2, 0.25) is 5.96 Å². The summed E-state index contributed by atoms with van der Waals surface area (Å²) in [5.41, 5.74) is 4.74. The molecule has 0 bridgehead atoms. The van der Waals surface area contributed by atoms with E-state index in [0.29, 0.717) is 11.1 Å². The van der Waals surface area contributed by atoms with E-state index >= 15 is 0 Å². The molecule has 0 fully saturated rings. The minimum atomic E-state index is -1.28. The highest BCUT2D eigenvalue weighted by Gasteiger charge is 2.14. The first-order valence-corrected chi connectivity index (χ1v) is 7.80. The van der Waals surface area contributed by atoms with Crippen LogP contribution in [0.5, 0.6) is 0 Å². The van der Waals surface area contributed by atoms with Gasteiger partial charge in [-0.05, 0) is 0 Å². The number of nitrogens with one attached hydrogen (secondary N) is 2. The fraction of sp³-hybridized carbons (Fsp3) is 0. The van der Waals surface area contributed by atoms with E-state index in [2.05, 4.69) is 25.6 Å². The molecule has 0 saturated carbocycles. The maximum Gasteiger partial charge on any atom is 0.356 e. The molecule has 2 rings (SSSR count). The number of guanidine groups is 1. The second-order valence-corrected chi connectivity index (χ2v) is 5.09. The number of hydrogen-bond donors (Lipinski definition) is 4. The van der Waals surface area contributed by atoms with Gasteiger partial charge in [0.25, 0.3) is 0 Å². The van der Waals surface area contributed by atoms with Crippen LogP contribution < -0.4 is 10.9 Å². The predicted octanol–water partition coefficient (Wildman–Crippen LogP) is 1.65. The lowest BCUT2D eigenvalue weighted by atomic mass is 10.1. The number of carboxylic acid groups (broad SMARTS) is 2. The molecule has 0 aliphatic heterocycles. The predicted molar refractivity (Wildman–Crippen MR) is 101 cm³/mol. The van der Waals surface area contributed by atoms with Gasteiger partial charge >= 0.3 is 11.9 Å². The summed E-state index contributed by atoms with van der Waals surface area (Å²) >= 11 is 5.42. The summed E-state index contributed by atoms with van der Waals surface area (Å²) in [4.78, 5) is 22.7. The summed E-state index contributed by atoms with van der Waals surface area (Å²) in [5, 5.41) is 26.0. The van der Waals surface area contributed by atoms with Crippen LogP contribution in [0.1, 0.15) is 11.1 Å². The van der Waals surface area contributed by atoms with Crippen LogP contribution >= 0.6 is 11.8 Å². The quantitative estimate of drug-likeness (QED) is 0.338. The van der Waals surface area contributed by atoms with Crippen LogP contribution in [0.3, 0.4) is 0 Å². The summed E-state index contributed by atoms with van der Waals surface area (Å²) in [6, 6.07) is 16.4. The van der Waals surface area contributed by atoms with E-state index in [1.54, 1.807) is 60.7 Å². The molecule has 0 unspecified atom stereocenters. The van der Waals surface area contributed by atoms with Gasteiger partial charge in [-0.3, -0.25) is 0 Å². The van der Waals surface area contributed by atoms with E-state index in [0.717, 1.165) is 0 Å². The third kappa shape index (κ3) is 5.65. The molecule has 138 valence electrons. The van der Waals surface area contributed by atoms with Crippen LogP contribution in [0.25, 0.3) is 0 Å². The molecule has 0 aromatic heterocycles. The van der Waals surface area contributed by atoms with E-state index < -0.39 is 11.9 Å². The zero-order valence-corrected chi connectivity index (χ0v) is 14.5. The largest absolute Gasteiger partial charge is 0.476 e. The molecule has 2 aromatic rings. The van der Waals surface area contributed by atoms with Crippen molar-refractivity contribution in [3.8, 4) is 0 Å². The van der Waals surface area contributed by atoms with Crippen LogP contribution in [-0.4, -0.2) is 39.5 Å². The Morgan fingerprint density at radius 1 is 0.741 bits per heavy atom. The van der Waals surface area contributed by atoms with Crippen LogP contribution in [0.2, 0.25) is 0 Å². The molecule has 0 saturated heterocycles. The number of hydrogen-bond acceptors (Lipinski definition) is 5. The second kappa shape index (κ2) is 9.68. The van der Waals surface area contributed by atoms with Crippen LogP contribution in [0, 0.1) is 0 Å². The van der Waals surface area contributed by atoms with Crippen molar-refractivity contribution in [1.29, 1.82) is 0 Å². The van der Waals surface area contributed by atoms with Crippen molar-refractivity contribution in [3.05, 3.63) is 71.8 Å². The second-order valence-electron chi connectivity index (χ2n) is 4.92. The Balaban J connectivity index is 2.19. The maximum atomic E-state index is 11.4. The fourth-order valence-electron chi connectivity index (χ4n) is 1.94. The fourth-order valence-corrected chi connectivity index (χ4v) is 2.02. The third-order valence-corrected chi connectivity index (χ3v) is 3.30. The highest BCUT2D eigenvalue weighted by molar-refractivity contribution is 6.43. The lowest BCUT2D eigenvalue weighted by Gasteiger charge is -2.07. The molecule has 0 radical (unpaired) electrons. The molecule has 9 nitrogen and oxygen atoms in total. The number of halogens is 1. The van der Waals surface area contributed by atoms with Crippen molar-refractivity contribution in [1.82, 2.24) is 10.9 Å². The van der Waals surface area contributed by atoms with Crippen molar-refractivity contribution < 1.29 is 19.8 Å². The van der Waals surface area contributed by atoms with E-state index in [4.69, 9.17) is 11.8 Å². The number of carbonyl (C=O) groups is 2. The van der Waals surface area contributed by atoms with E-state index in [1.807, 2.05) is 0 Å². The van der Waals surface area contributed by atoms with E-state index in [1.165, 1.54) is 0 Å². The lowest BCUT2D eigenvalue weighted by molar-refractivity contribution is -0.130. The molecular formula is C17H14ClN5O4. The lowest BCUT2D eigenvalue weighted by Crippen LogP contribution is -2.34. The summed E-state index contributed by atoms with van der Waals surface area (Å²) in [6.45, 7) is 0. The van der Waals surface area contributed by atoms with Gasteiger partial charge in [0, 0.05) is 22.9 Å². The monoisotopic (exact) mass is 387 g/mol. The number of aliphatic carboxylic acids is 2. The van der Waals surface area contributed by atoms with E-state index in [-0.39, 0.29) is 17.4 Å². The summed E-state index contributed by atoms with van der Waals surface area (Å²) < 4.78 is 3.30. The number of nitrogens with zero attached hydrogens (tertiary/aromatic N) is 3. The Hall–Kier alpha value is -3.72. The first-order valence-electron chi connectivity index (χ1n) is 7.46. The summed E-state index contributed by atoms with van der Waals surface area (Å²) in [5.74, 6) is -2.82.